The number of carbonyl (C=O) groups excluding carboxylic acids is 2. The quantitative estimate of drug-likeness (QED) is 0.0879. The van der Waals surface area contributed by atoms with Crippen LogP contribution in [0.2, 0.25) is 0 Å². The van der Waals surface area contributed by atoms with Crippen LogP contribution in [-0.4, -0.2) is 89.0 Å². The molecule has 14 heteroatoms. The molecule has 2 aliphatic heterocycles. The summed E-state index contributed by atoms with van der Waals surface area (Å²) in [5.74, 6) is -1.30. The third-order valence-electron chi connectivity index (χ3n) is 7.98. The predicted octanol–water partition coefficient (Wildman–Crippen LogP) is 2.72. The first-order chi connectivity index (χ1) is 23.2. The summed E-state index contributed by atoms with van der Waals surface area (Å²) in [4.78, 5) is 38.5. The Morgan fingerprint density at radius 3 is 1.94 bits per heavy atom. The van der Waals surface area contributed by atoms with Crippen molar-refractivity contribution in [2.45, 2.75) is 53.8 Å². The number of aromatic nitrogens is 4. The van der Waals surface area contributed by atoms with Gasteiger partial charge in [-0.15, -0.1) is 16.9 Å². The van der Waals surface area contributed by atoms with Gasteiger partial charge in [0, 0.05) is 39.0 Å². The molecule has 3 aromatic carbocycles. The van der Waals surface area contributed by atoms with E-state index in [0.717, 1.165) is 31.7 Å². The number of hydrogen-bond acceptors (Lipinski definition) is 10. The molecule has 0 spiro atoms. The van der Waals surface area contributed by atoms with Gasteiger partial charge in [0.15, 0.2) is 0 Å². The fourth-order valence-electron chi connectivity index (χ4n) is 5.54. The van der Waals surface area contributed by atoms with E-state index in [0.29, 0.717) is 10.9 Å². The fraction of sp³-hybridized carbons (Fsp3) is 0.353. The number of fused-ring (bicyclic) bond motifs is 1. The molecular formula is C34H40N8O4S2. The lowest BCUT2D eigenvalue weighted by molar-refractivity contribution is -0.161. The summed E-state index contributed by atoms with van der Waals surface area (Å²) in [5.41, 5.74) is 3.51. The van der Waals surface area contributed by atoms with Crippen LogP contribution in [0, 0.1) is 0 Å². The van der Waals surface area contributed by atoms with E-state index in [2.05, 4.69) is 80.0 Å². The minimum atomic E-state index is -1.06. The van der Waals surface area contributed by atoms with Gasteiger partial charge >= 0.3 is 5.97 Å². The number of tetrazole rings is 1. The molecule has 252 valence electrons. The van der Waals surface area contributed by atoms with Crippen molar-refractivity contribution < 1.29 is 19.5 Å². The first-order valence-electron chi connectivity index (χ1n) is 15.7. The maximum Gasteiger partial charge on any atom is 0.327 e. The van der Waals surface area contributed by atoms with E-state index in [4.69, 9.17) is 0 Å². The van der Waals surface area contributed by atoms with Gasteiger partial charge in [-0.2, -0.15) is 0 Å². The van der Waals surface area contributed by atoms with Crippen molar-refractivity contribution >= 4 is 41.3 Å². The maximum absolute atomic E-state index is 12.7. The molecular weight excluding hydrogens is 649 g/mol. The third-order valence-corrected chi connectivity index (χ3v) is 11.2. The summed E-state index contributed by atoms with van der Waals surface area (Å²) < 4.78 is 0.748. The molecule has 0 aliphatic carbocycles. The highest BCUT2D eigenvalue weighted by Gasteiger charge is 2.65. The molecule has 2 saturated heterocycles. The number of hydrogen-bond donors (Lipinski definition) is 4. The first-order valence-corrected chi connectivity index (χ1v) is 17.5. The topological polar surface area (TPSA) is 154 Å². The zero-order valence-electron chi connectivity index (χ0n) is 26.9. The summed E-state index contributed by atoms with van der Waals surface area (Å²) in [6.07, 6.45) is 0.163. The van der Waals surface area contributed by atoms with E-state index < -0.39 is 28.2 Å². The Balaban J connectivity index is 0.000000214. The van der Waals surface area contributed by atoms with Crippen molar-refractivity contribution in [3.05, 3.63) is 108 Å². The minimum absolute atomic E-state index is 0.163. The number of β-lactam (4-membered cyclic amide) rings is 1. The number of rotatable bonds is 14. The predicted molar refractivity (Wildman–Crippen MR) is 186 cm³/mol. The molecule has 4 N–H and O–H groups in total. The Morgan fingerprint density at radius 1 is 0.896 bits per heavy atom. The van der Waals surface area contributed by atoms with Gasteiger partial charge in [0.1, 0.15) is 17.5 Å². The van der Waals surface area contributed by atoms with Crippen LogP contribution in [0.3, 0.4) is 0 Å². The largest absolute Gasteiger partial charge is 0.480 e. The zero-order valence-corrected chi connectivity index (χ0v) is 28.5. The highest BCUT2D eigenvalue weighted by atomic mass is 32.2. The van der Waals surface area contributed by atoms with Crippen LogP contribution in [0.4, 0.5) is 0 Å². The van der Waals surface area contributed by atoms with E-state index in [9.17, 15) is 19.5 Å². The second kappa shape index (κ2) is 16.7. The number of carbonyl (C=O) groups is 3. The molecule has 0 radical (unpaired) electrons. The van der Waals surface area contributed by atoms with Crippen LogP contribution in [0.1, 0.15) is 23.6 Å². The summed E-state index contributed by atoms with van der Waals surface area (Å²) in [5, 5.41) is 30.9. The molecule has 3 heterocycles. The Bertz CT molecular complexity index is 1600. The van der Waals surface area contributed by atoms with Gasteiger partial charge in [-0.1, -0.05) is 103 Å². The molecule has 4 aromatic rings. The molecule has 2 fully saturated rings. The highest BCUT2D eigenvalue weighted by Crippen LogP contribution is 2.52. The second-order valence-corrected chi connectivity index (χ2v) is 14.3. The fourth-order valence-corrected chi connectivity index (χ4v) is 8.43. The number of nitrogens with one attached hydrogen (secondary N) is 3. The van der Waals surface area contributed by atoms with Crippen molar-refractivity contribution in [2.24, 2.45) is 7.05 Å². The number of amides is 2. The lowest BCUT2D eigenvalue weighted by Crippen LogP contribution is -2.70. The number of aryl methyl sites for hydroxylation is 1. The van der Waals surface area contributed by atoms with Crippen LogP contribution in [0.15, 0.2) is 96.2 Å². The molecule has 6 rings (SSSR count). The molecule has 48 heavy (non-hydrogen) atoms. The summed E-state index contributed by atoms with van der Waals surface area (Å²) in [6.45, 7) is 5.67. The molecule has 12 nitrogen and oxygen atoms in total. The van der Waals surface area contributed by atoms with Crippen molar-refractivity contribution in [3.63, 3.8) is 0 Å². The normalized spacial score (nSPS) is 21.1. The molecule has 2 aliphatic rings. The summed E-state index contributed by atoms with van der Waals surface area (Å²) in [6, 6.07) is 28.5. The molecule has 4 atom stereocenters. The van der Waals surface area contributed by atoms with Crippen LogP contribution in [0.25, 0.3) is 0 Å². The van der Waals surface area contributed by atoms with Crippen molar-refractivity contribution in [2.75, 3.05) is 18.8 Å². The average Bonchev–Trinajstić information content (AvgIpc) is 3.64. The lowest BCUT2D eigenvalue weighted by Gasteiger charge is -2.43. The van der Waals surface area contributed by atoms with E-state index in [1.807, 2.05) is 49.4 Å². The summed E-state index contributed by atoms with van der Waals surface area (Å²) >= 11 is 2.74. The van der Waals surface area contributed by atoms with E-state index in [1.54, 1.807) is 7.05 Å². The van der Waals surface area contributed by atoms with Crippen LogP contribution < -0.4 is 16.0 Å². The Kier molecular flexibility index (Phi) is 12.2. The van der Waals surface area contributed by atoms with Crippen LogP contribution >= 0.6 is 23.5 Å². The van der Waals surface area contributed by atoms with Gasteiger partial charge in [0.25, 0.3) is 0 Å². The zero-order chi connectivity index (χ0) is 33.9. The number of nitrogens with zero attached hydrogens (tertiary/aromatic N) is 5. The van der Waals surface area contributed by atoms with Crippen molar-refractivity contribution in [1.29, 1.82) is 0 Å². The van der Waals surface area contributed by atoms with Crippen molar-refractivity contribution in [3.8, 4) is 0 Å². The Hall–Kier alpha value is -4.24. The third kappa shape index (κ3) is 9.01. The number of thioether (sulfide) groups is 2. The Labute approximate surface area is 288 Å². The smallest absolute Gasteiger partial charge is 0.327 e. The molecule has 0 saturated carbocycles. The first kappa shape index (κ1) is 35.1. The monoisotopic (exact) mass is 688 g/mol. The highest BCUT2D eigenvalue weighted by molar-refractivity contribution is 8.04. The number of carboxylic acid groups (broad SMARTS) is 1. The molecule has 2 amide bonds. The van der Waals surface area contributed by atoms with E-state index in [-0.39, 0.29) is 18.2 Å². The van der Waals surface area contributed by atoms with E-state index in [1.165, 1.54) is 44.2 Å². The molecule has 3 unspecified atom stereocenters. The lowest BCUT2D eigenvalue weighted by atomic mass is 9.95. The average molecular weight is 689 g/mol. The van der Waals surface area contributed by atoms with Gasteiger partial charge in [-0.25, -0.2) is 9.48 Å². The van der Waals surface area contributed by atoms with Gasteiger partial charge in [-0.3, -0.25) is 9.59 Å². The minimum Gasteiger partial charge on any atom is -0.480 e. The number of aliphatic carboxylic acids is 1. The molecule has 1 aromatic heterocycles. The SMILES string of the molecule is Cn1nnnc1SCC1(C)S[C@H]2C(NC(=O)Cc3ccccc3)C(=O)N2C1C(=O)O.c1ccc(CNCCNCc2ccccc2)cc1. The van der Waals surface area contributed by atoms with Gasteiger partial charge in [-0.05, 0) is 34.0 Å². The Morgan fingerprint density at radius 2 is 1.44 bits per heavy atom. The van der Waals surface area contributed by atoms with Crippen LogP contribution in [-0.2, 0) is 40.9 Å². The van der Waals surface area contributed by atoms with Gasteiger partial charge in [0.05, 0.1) is 11.2 Å². The summed E-state index contributed by atoms with van der Waals surface area (Å²) in [7, 11) is 1.70. The maximum atomic E-state index is 12.7. The van der Waals surface area contributed by atoms with Crippen molar-refractivity contribution in [1.82, 2.24) is 41.1 Å². The van der Waals surface area contributed by atoms with Crippen LogP contribution in [0.5, 0.6) is 0 Å². The second-order valence-electron chi connectivity index (χ2n) is 11.7. The van der Waals surface area contributed by atoms with Gasteiger partial charge in [0.2, 0.25) is 17.0 Å². The molecule has 0 bridgehead atoms. The standard InChI is InChI=1S/C18H20N6O4S2.C16H20N2/c1-18(9-29-17-20-21-22-23(17)2)13(16(27)28)24-14(26)12(15(24)30-18)19-11(25)8-10-6-4-3-5-7-10;1-3-7-15(8-4-1)13-17-11-12-18-14-16-9-5-2-6-10-16/h3-7,12-13,15H,8-9H2,1-2H3,(H,19,25)(H,27,28);1-10,17-18H,11-14H2/t12?,13?,15-,18?;/m0./s1. The van der Waals surface area contributed by atoms with E-state index >= 15 is 0 Å². The van der Waals surface area contributed by atoms with Gasteiger partial charge < -0.3 is 26.0 Å². The number of carboxylic acids is 1. The number of benzene rings is 3.